The van der Waals surface area contributed by atoms with Crippen molar-refractivity contribution < 1.29 is 13.2 Å². The van der Waals surface area contributed by atoms with Crippen LogP contribution in [0.15, 0.2) is 47.4 Å². The highest BCUT2D eigenvalue weighted by atomic mass is 35.5. The van der Waals surface area contributed by atoms with Crippen LogP contribution >= 0.6 is 11.6 Å². The Morgan fingerprint density at radius 1 is 1.17 bits per heavy atom. The van der Waals surface area contributed by atoms with E-state index in [-0.39, 0.29) is 16.8 Å². The van der Waals surface area contributed by atoms with Crippen molar-refractivity contribution in [2.75, 3.05) is 6.54 Å². The third kappa shape index (κ3) is 4.65. The quantitative estimate of drug-likeness (QED) is 0.733. The summed E-state index contributed by atoms with van der Waals surface area (Å²) in [4.78, 5) is 13.2. The second-order valence-corrected chi connectivity index (χ2v) is 9.87. The van der Waals surface area contributed by atoms with E-state index >= 15 is 0 Å². The van der Waals surface area contributed by atoms with Gasteiger partial charge in [-0.05, 0) is 74.1 Å². The summed E-state index contributed by atoms with van der Waals surface area (Å²) < 4.78 is 27.5. The molecule has 1 saturated heterocycles. The normalized spacial score (nSPS) is 18.6. The number of carbonyl (C=O) groups excluding carboxylic acids is 1. The summed E-state index contributed by atoms with van der Waals surface area (Å²) in [5.74, 6) is -0.245. The van der Waals surface area contributed by atoms with E-state index < -0.39 is 16.1 Å². The number of amides is 1. The average Bonchev–Trinajstić information content (AvgIpc) is 3.19. The molecular weight excluding hydrogens is 408 g/mol. The van der Waals surface area contributed by atoms with Gasteiger partial charge in [0.05, 0.1) is 10.9 Å². The number of benzene rings is 2. The molecule has 29 heavy (non-hydrogen) atoms. The summed E-state index contributed by atoms with van der Waals surface area (Å²) in [5.41, 5.74) is 3.41. The number of carbonyl (C=O) groups is 1. The number of halogens is 1. The Morgan fingerprint density at radius 2 is 1.86 bits per heavy atom. The van der Waals surface area contributed by atoms with E-state index in [1.165, 1.54) is 27.6 Å². The highest BCUT2D eigenvalue weighted by molar-refractivity contribution is 7.89. The van der Waals surface area contributed by atoms with E-state index in [4.69, 9.17) is 11.6 Å². The Morgan fingerprint density at radius 3 is 2.48 bits per heavy atom. The molecule has 156 valence electrons. The van der Waals surface area contributed by atoms with E-state index in [0.29, 0.717) is 24.4 Å². The maximum absolute atomic E-state index is 13.1. The number of sulfonamides is 1. The molecule has 2 aromatic carbocycles. The highest BCUT2D eigenvalue weighted by Gasteiger charge is 2.39. The molecule has 7 heteroatoms. The van der Waals surface area contributed by atoms with Crippen molar-refractivity contribution in [1.82, 2.24) is 9.62 Å². The summed E-state index contributed by atoms with van der Waals surface area (Å²) >= 11 is 5.88. The fourth-order valence-electron chi connectivity index (χ4n) is 3.70. The van der Waals surface area contributed by atoms with Crippen LogP contribution in [-0.4, -0.2) is 31.2 Å². The van der Waals surface area contributed by atoms with Crippen LogP contribution in [0.3, 0.4) is 0 Å². The summed E-state index contributed by atoms with van der Waals surface area (Å²) in [7, 11) is -3.76. The second kappa shape index (κ2) is 8.86. The SMILES string of the molecule is CCC(NC(=O)C1CCCN1S(=O)(=O)c1ccc(Cl)cc1)c1ccc(C)c(C)c1. The lowest BCUT2D eigenvalue weighted by Crippen LogP contribution is -2.46. The van der Waals surface area contributed by atoms with Gasteiger partial charge in [-0.25, -0.2) is 8.42 Å². The van der Waals surface area contributed by atoms with Gasteiger partial charge in [0.1, 0.15) is 6.04 Å². The molecule has 2 atom stereocenters. The van der Waals surface area contributed by atoms with Crippen LogP contribution in [0.2, 0.25) is 5.02 Å². The van der Waals surface area contributed by atoms with Crippen molar-refractivity contribution in [3.05, 3.63) is 64.2 Å². The number of nitrogens with one attached hydrogen (secondary N) is 1. The Bertz CT molecular complexity index is 990. The molecule has 1 amide bonds. The lowest BCUT2D eigenvalue weighted by Gasteiger charge is -2.26. The van der Waals surface area contributed by atoms with Crippen LogP contribution in [0.4, 0.5) is 0 Å². The minimum absolute atomic E-state index is 0.150. The molecule has 1 N–H and O–H groups in total. The van der Waals surface area contributed by atoms with Gasteiger partial charge in [0.2, 0.25) is 15.9 Å². The second-order valence-electron chi connectivity index (χ2n) is 7.54. The van der Waals surface area contributed by atoms with E-state index in [0.717, 1.165) is 12.0 Å². The van der Waals surface area contributed by atoms with Gasteiger partial charge in [0.25, 0.3) is 0 Å². The third-order valence-corrected chi connectivity index (χ3v) is 7.76. The molecule has 0 aromatic heterocycles. The fraction of sp³-hybridized carbons (Fsp3) is 0.409. The van der Waals surface area contributed by atoms with Gasteiger partial charge in [-0.15, -0.1) is 0 Å². The van der Waals surface area contributed by atoms with Gasteiger partial charge in [-0.2, -0.15) is 4.31 Å². The summed E-state index contributed by atoms with van der Waals surface area (Å²) in [6.07, 6.45) is 1.90. The Kier molecular flexibility index (Phi) is 6.66. The molecule has 1 fully saturated rings. The molecule has 2 aromatic rings. The number of hydrogen-bond donors (Lipinski definition) is 1. The van der Waals surface area contributed by atoms with Crippen molar-refractivity contribution >= 4 is 27.5 Å². The zero-order valence-corrected chi connectivity index (χ0v) is 18.6. The molecule has 5 nitrogen and oxygen atoms in total. The number of nitrogens with zero attached hydrogens (tertiary/aromatic N) is 1. The van der Waals surface area contributed by atoms with Gasteiger partial charge >= 0.3 is 0 Å². The predicted molar refractivity (Wildman–Crippen MR) is 115 cm³/mol. The predicted octanol–water partition coefficient (Wildman–Crippen LogP) is 4.38. The zero-order chi connectivity index (χ0) is 21.2. The molecular formula is C22H27ClN2O3S. The van der Waals surface area contributed by atoms with Crippen molar-refractivity contribution in [1.29, 1.82) is 0 Å². The van der Waals surface area contributed by atoms with Gasteiger partial charge in [-0.1, -0.05) is 36.7 Å². The first-order chi connectivity index (χ1) is 13.7. The monoisotopic (exact) mass is 434 g/mol. The summed E-state index contributed by atoms with van der Waals surface area (Å²) in [5, 5.41) is 3.54. The van der Waals surface area contributed by atoms with Crippen LogP contribution in [-0.2, 0) is 14.8 Å². The maximum atomic E-state index is 13.1. The average molecular weight is 435 g/mol. The van der Waals surface area contributed by atoms with Crippen molar-refractivity contribution in [2.45, 2.75) is 57.0 Å². The standard InChI is InChI=1S/C22H27ClN2O3S/c1-4-20(17-8-7-15(2)16(3)14-17)24-22(26)21-6-5-13-25(21)29(27,28)19-11-9-18(23)10-12-19/h7-12,14,20-21H,4-6,13H2,1-3H3,(H,24,26). The van der Waals surface area contributed by atoms with Gasteiger partial charge in [-0.3, -0.25) is 4.79 Å². The molecule has 1 aliphatic heterocycles. The van der Waals surface area contributed by atoms with E-state index in [2.05, 4.69) is 18.3 Å². The van der Waals surface area contributed by atoms with E-state index in [9.17, 15) is 13.2 Å². The molecule has 1 heterocycles. The third-order valence-electron chi connectivity index (χ3n) is 5.58. The van der Waals surface area contributed by atoms with Crippen LogP contribution < -0.4 is 5.32 Å². The number of rotatable bonds is 6. The molecule has 0 aliphatic carbocycles. The number of hydrogen-bond acceptors (Lipinski definition) is 3. The molecule has 0 radical (unpaired) electrons. The minimum atomic E-state index is -3.76. The number of aryl methyl sites for hydroxylation is 2. The minimum Gasteiger partial charge on any atom is -0.348 e. The largest absolute Gasteiger partial charge is 0.348 e. The first-order valence-corrected chi connectivity index (χ1v) is 11.7. The molecule has 1 aliphatic rings. The van der Waals surface area contributed by atoms with Crippen molar-refractivity contribution in [2.24, 2.45) is 0 Å². The molecule has 0 saturated carbocycles. The fourth-order valence-corrected chi connectivity index (χ4v) is 5.48. The van der Waals surface area contributed by atoms with Crippen molar-refractivity contribution in [3.8, 4) is 0 Å². The first kappa shape index (κ1) is 21.8. The van der Waals surface area contributed by atoms with Crippen molar-refractivity contribution in [3.63, 3.8) is 0 Å². The topological polar surface area (TPSA) is 66.5 Å². The molecule has 0 spiro atoms. The molecule has 3 rings (SSSR count). The van der Waals surface area contributed by atoms with Gasteiger partial charge in [0.15, 0.2) is 0 Å². The van der Waals surface area contributed by atoms with Gasteiger partial charge in [0, 0.05) is 11.6 Å². The lowest BCUT2D eigenvalue weighted by atomic mass is 9.99. The van der Waals surface area contributed by atoms with E-state index in [1.54, 1.807) is 12.1 Å². The van der Waals surface area contributed by atoms with Gasteiger partial charge < -0.3 is 5.32 Å². The summed E-state index contributed by atoms with van der Waals surface area (Å²) in [6.45, 7) is 6.45. The van der Waals surface area contributed by atoms with Crippen LogP contribution in [0.1, 0.15) is 48.9 Å². The van der Waals surface area contributed by atoms with Crippen LogP contribution in [0.25, 0.3) is 0 Å². The highest BCUT2D eigenvalue weighted by Crippen LogP contribution is 2.28. The smallest absolute Gasteiger partial charge is 0.243 e. The maximum Gasteiger partial charge on any atom is 0.243 e. The van der Waals surface area contributed by atoms with Crippen LogP contribution in [0, 0.1) is 13.8 Å². The lowest BCUT2D eigenvalue weighted by molar-refractivity contribution is -0.125. The van der Waals surface area contributed by atoms with Crippen LogP contribution in [0.5, 0.6) is 0 Å². The Labute approximate surface area is 178 Å². The molecule has 0 bridgehead atoms. The summed E-state index contributed by atoms with van der Waals surface area (Å²) in [6, 6.07) is 11.4. The Hall–Kier alpha value is -1.89. The Balaban J connectivity index is 1.80. The van der Waals surface area contributed by atoms with E-state index in [1.807, 2.05) is 26.0 Å². The first-order valence-electron chi connectivity index (χ1n) is 9.89. The molecule has 2 unspecified atom stereocenters. The zero-order valence-electron chi connectivity index (χ0n) is 17.0.